The number of carbonyl (C=O) groups is 1. The molecule has 1 aromatic heterocycles. The molecule has 0 atom stereocenters. The lowest BCUT2D eigenvalue weighted by Gasteiger charge is -2.05. The lowest BCUT2D eigenvalue weighted by atomic mass is 10.2. The number of nitrogens with one attached hydrogen (secondary N) is 2. The van der Waals surface area contributed by atoms with Gasteiger partial charge in [-0.2, -0.15) is 0 Å². The highest BCUT2D eigenvalue weighted by Gasteiger charge is 2.15. The van der Waals surface area contributed by atoms with Crippen LogP contribution in [0.4, 0.5) is 5.95 Å². The van der Waals surface area contributed by atoms with Gasteiger partial charge in [-0.1, -0.05) is 41.4 Å². The zero-order valence-electron chi connectivity index (χ0n) is 10.2. The largest absolute Gasteiger partial charge is 0.324 e. The van der Waals surface area contributed by atoms with Crippen LogP contribution >= 0.6 is 23.2 Å². The number of para-hydroxylation sites is 2. The Bertz CT molecular complexity index is 745. The van der Waals surface area contributed by atoms with Crippen LogP contribution in [0.5, 0.6) is 0 Å². The third-order valence-electron chi connectivity index (χ3n) is 2.81. The molecule has 0 unspecified atom stereocenters. The molecule has 0 aliphatic heterocycles. The summed E-state index contributed by atoms with van der Waals surface area (Å²) in [6.07, 6.45) is 0. The van der Waals surface area contributed by atoms with Crippen LogP contribution in [0.3, 0.4) is 0 Å². The van der Waals surface area contributed by atoms with Gasteiger partial charge in [0.05, 0.1) is 26.6 Å². The molecule has 0 bridgehead atoms. The van der Waals surface area contributed by atoms with Crippen LogP contribution < -0.4 is 5.32 Å². The van der Waals surface area contributed by atoms with Crippen molar-refractivity contribution in [3.05, 3.63) is 58.1 Å². The van der Waals surface area contributed by atoms with Gasteiger partial charge < -0.3 is 4.98 Å². The number of halogens is 2. The Balaban J connectivity index is 1.92. The quantitative estimate of drug-likeness (QED) is 0.748. The van der Waals surface area contributed by atoms with Crippen LogP contribution in [0.2, 0.25) is 10.0 Å². The minimum atomic E-state index is -0.403. The second-order valence-corrected chi connectivity index (χ2v) is 4.97. The topological polar surface area (TPSA) is 57.8 Å². The maximum absolute atomic E-state index is 12.2. The van der Waals surface area contributed by atoms with Crippen LogP contribution in [0.25, 0.3) is 11.0 Å². The molecule has 0 saturated heterocycles. The van der Waals surface area contributed by atoms with E-state index in [0.717, 1.165) is 11.0 Å². The molecule has 4 nitrogen and oxygen atoms in total. The van der Waals surface area contributed by atoms with Crippen molar-refractivity contribution in [3.63, 3.8) is 0 Å². The molecule has 3 rings (SSSR count). The number of aromatic nitrogens is 2. The molecule has 1 heterocycles. The Labute approximate surface area is 124 Å². The summed E-state index contributed by atoms with van der Waals surface area (Å²) in [5, 5.41) is 3.25. The molecule has 0 spiro atoms. The molecule has 20 heavy (non-hydrogen) atoms. The SMILES string of the molecule is O=C(Nc1nc2ccccc2[nH]1)c1c(Cl)cccc1Cl. The van der Waals surface area contributed by atoms with Crippen molar-refractivity contribution in [1.82, 2.24) is 9.97 Å². The molecular weight excluding hydrogens is 297 g/mol. The van der Waals surface area contributed by atoms with Gasteiger partial charge in [-0.3, -0.25) is 10.1 Å². The summed E-state index contributed by atoms with van der Waals surface area (Å²) in [4.78, 5) is 19.5. The van der Waals surface area contributed by atoms with E-state index in [0.29, 0.717) is 16.0 Å². The first-order valence-corrected chi connectivity index (χ1v) is 6.61. The summed E-state index contributed by atoms with van der Waals surface area (Å²) in [6, 6.07) is 12.4. The molecule has 2 N–H and O–H groups in total. The monoisotopic (exact) mass is 305 g/mol. The Morgan fingerprint density at radius 1 is 1.05 bits per heavy atom. The van der Waals surface area contributed by atoms with Crippen LogP contribution in [0.15, 0.2) is 42.5 Å². The van der Waals surface area contributed by atoms with Gasteiger partial charge in [0.15, 0.2) is 0 Å². The highest BCUT2D eigenvalue weighted by atomic mass is 35.5. The number of rotatable bonds is 2. The van der Waals surface area contributed by atoms with Crippen LogP contribution in [0.1, 0.15) is 10.4 Å². The number of hydrogen-bond acceptors (Lipinski definition) is 2. The number of carbonyl (C=O) groups excluding carboxylic acids is 1. The molecule has 0 fully saturated rings. The van der Waals surface area contributed by atoms with Crippen LogP contribution in [0, 0.1) is 0 Å². The van der Waals surface area contributed by atoms with Gasteiger partial charge in [-0.15, -0.1) is 0 Å². The molecule has 6 heteroatoms. The first kappa shape index (κ1) is 13.0. The summed E-state index contributed by atoms with van der Waals surface area (Å²) in [7, 11) is 0. The molecule has 3 aromatic rings. The average molecular weight is 306 g/mol. The summed E-state index contributed by atoms with van der Waals surface area (Å²) in [5.74, 6) is -0.0492. The number of aromatic amines is 1. The first-order chi connectivity index (χ1) is 9.65. The number of hydrogen-bond donors (Lipinski definition) is 2. The Morgan fingerprint density at radius 2 is 1.75 bits per heavy atom. The van der Waals surface area contributed by atoms with Crippen LogP contribution in [-0.4, -0.2) is 15.9 Å². The van der Waals surface area contributed by atoms with Crippen molar-refractivity contribution >= 4 is 46.1 Å². The van der Waals surface area contributed by atoms with Gasteiger partial charge in [0.25, 0.3) is 5.91 Å². The zero-order chi connectivity index (χ0) is 14.1. The summed E-state index contributed by atoms with van der Waals surface area (Å²) in [5.41, 5.74) is 1.84. The predicted octanol–water partition coefficient (Wildman–Crippen LogP) is 4.12. The van der Waals surface area contributed by atoms with Crippen molar-refractivity contribution in [1.29, 1.82) is 0 Å². The van der Waals surface area contributed by atoms with E-state index >= 15 is 0 Å². The summed E-state index contributed by atoms with van der Waals surface area (Å²) in [6.45, 7) is 0. The number of nitrogens with zero attached hydrogens (tertiary/aromatic N) is 1. The standard InChI is InChI=1S/C14H9Cl2N3O/c15-8-4-3-5-9(16)12(8)13(20)19-14-17-10-6-1-2-7-11(10)18-14/h1-7H,(H2,17,18,19,20). The van der Waals surface area contributed by atoms with Gasteiger partial charge in [0, 0.05) is 0 Å². The zero-order valence-corrected chi connectivity index (χ0v) is 11.7. The molecule has 1 amide bonds. The normalized spacial score (nSPS) is 10.7. The average Bonchev–Trinajstić information content (AvgIpc) is 2.80. The maximum atomic E-state index is 12.2. The van der Waals surface area contributed by atoms with E-state index in [9.17, 15) is 4.79 Å². The second kappa shape index (κ2) is 5.15. The van der Waals surface area contributed by atoms with Crippen molar-refractivity contribution < 1.29 is 4.79 Å². The van der Waals surface area contributed by atoms with E-state index in [2.05, 4.69) is 15.3 Å². The van der Waals surface area contributed by atoms with E-state index in [1.54, 1.807) is 18.2 Å². The Hall–Kier alpha value is -2.04. The fourth-order valence-corrected chi connectivity index (χ4v) is 2.47. The number of benzene rings is 2. The number of anilines is 1. The highest BCUT2D eigenvalue weighted by molar-refractivity contribution is 6.40. The third kappa shape index (κ3) is 2.35. The van der Waals surface area contributed by atoms with Crippen molar-refractivity contribution in [2.24, 2.45) is 0 Å². The van der Waals surface area contributed by atoms with Crippen molar-refractivity contribution in [2.45, 2.75) is 0 Å². The maximum Gasteiger partial charge on any atom is 0.261 e. The minimum absolute atomic E-state index is 0.233. The summed E-state index contributed by atoms with van der Waals surface area (Å²) >= 11 is 12.0. The fourth-order valence-electron chi connectivity index (χ4n) is 1.90. The van der Waals surface area contributed by atoms with E-state index in [4.69, 9.17) is 23.2 Å². The molecule has 0 aliphatic carbocycles. The molecule has 0 aliphatic rings. The lowest BCUT2D eigenvalue weighted by Crippen LogP contribution is -2.14. The second-order valence-electron chi connectivity index (χ2n) is 4.15. The lowest BCUT2D eigenvalue weighted by molar-refractivity contribution is 0.102. The summed E-state index contributed by atoms with van der Waals surface area (Å²) < 4.78 is 0. The van der Waals surface area contributed by atoms with E-state index in [-0.39, 0.29) is 5.56 Å². The number of amides is 1. The molecular formula is C14H9Cl2N3O. The van der Waals surface area contributed by atoms with E-state index < -0.39 is 5.91 Å². The Morgan fingerprint density at radius 3 is 2.45 bits per heavy atom. The minimum Gasteiger partial charge on any atom is -0.324 e. The number of H-pyrrole nitrogens is 1. The predicted molar refractivity (Wildman–Crippen MR) is 80.5 cm³/mol. The van der Waals surface area contributed by atoms with E-state index in [1.165, 1.54) is 0 Å². The first-order valence-electron chi connectivity index (χ1n) is 5.85. The smallest absolute Gasteiger partial charge is 0.261 e. The number of imidazole rings is 1. The highest BCUT2D eigenvalue weighted by Crippen LogP contribution is 2.25. The molecule has 2 aromatic carbocycles. The molecule has 0 radical (unpaired) electrons. The Kier molecular flexibility index (Phi) is 3.34. The van der Waals surface area contributed by atoms with Gasteiger partial charge in [-0.25, -0.2) is 4.98 Å². The van der Waals surface area contributed by atoms with Crippen molar-refractivity contribution in [2.75, 3.05) is 5.32 Å². The van der Waals surface area contributed by atoms with Crippen molar-refractivity contribution in [3.8, 4) is 0 Å². The van der Waals surface area contributed by atoms with Gasteiger partial charge in [0.2, 0.25) is 5.95 Å². The van der Waals surface area contributed by atoms with Gasteiger partial charge in [0.1, 0.15) is 0 Å². The molecule has 100 valence electrons. The fraction of sp³-hybridized carbons (Fsp3) is 0. The van der Waals surface area contributed by atoms with Gasteiger partial charge in [-0.05, 0) is 24.3 Å². The van der Waals surface area contributed by atoms with E-state index in [1.807, 2.05) is 24.3 Å². The van der Waals surface area contributed by atoms with Gasteiger partial charge >= 0.3 is 0 Å². The number of fused-ring (bicyclic) bond motifs is 1. The van der Waals surface area contributed by atoms with Crippen LogP contribution in [-0.2, 0) is 0 Å². The molecule has 0 saturated carbocycles. The third-order valence-corrected chi connectivity index (χ3v) is 3.44.